The van der Waals surface area contributed by atoms with Gasteiger partial charge in [0.05, 0.1) is 45.5 Å². The lowest BCUT2D eigenvalue weighted by Gasteiger charge is -2.28. The molecule has 0 spiro atoms. The van der Waals surface area contributed by atoms with Crippen molar-refractivity contribution in [3.05, 3.63) is 106 Å². The number of hydrogen-bond donors (Lipinski definition) is 1. The van der Waals surface area contributed by atoms with Crippen molar-refractivity contribution in [3.8, 4) is 16.9 Å². The first-order valence-electron chi connectivity index (χ1n) is 15.8. The fourth-order valence-corrected chi connectivity index (χ4v) is 6.51. The zero-order valence-corrected chi connectivity index (χ0v) is 28.3. The van der Waals surface area contributed by atoms with Gasteiger partial charge in [0.1, 0.15) is 6.10 Å². The predicted octanol–water partition coefficient (Wildman–Crippen LogP) is 5.20. The van der Waals surface area contributed by atoms with E-state index < -0.39 is 52.1 Å². The number of aromatic nitrogens is 2. The summed E-state index contributed by atoms with van der Waals surface area (Å²) >= 11 is 0. The highest BCUT2D eigenvalue weighted by Gasteiger charge is 2.40. The van der Waals surface area contributed by atoms with Crippen LogP contribution in [-0.4, -0.2) is 76.4 Å². The molecule has 1 fully saturated rings. The summed E-state index contributed by atoms with van der Waals surface area (Å²) < 4.78 is 74.7. The summed E-state index contributed by atoms with van der Waals surface area (Å²) in [6.07, 6.45) is -7.69. The Morgan fingerprint density at radius 3 is 2.17 bits per heavy atom. The molecule has 3 amide bonds. The van der Waals surface area contributed by atoms with Gasteiger partial charge in [0.2, 0.25) is 11.5 Å². The molecule has 2 aliphatic rings. The van der Waals surface area contributed by atoms with E-state index in [4.69, 9.17) is 9.57 Å². The number of alkyl halides is 3. The van der Waals surface area contributed by atoms with Gasteiger partial charge in [0.25, 0.3) is 21.8 Å². The van der Waals surface area contributed by atoms with Gasteiger partial charge in [-0.3, -0.25) is 9.59 Å². The lowest BCUT2D eigenvalue weighted by molar-refractivity contribution is -0.714. The van der Waals surface area contributed by atoms with Crippen molar-refractivity contribution >= 4 is 27.9 Å². The highest BCUT2D eigenvalue weighted by Crippen LogP contribution is 2.33. The van der Waals surface area contributed by atoms with E-state index in [1.165, 1.54) is 36.2 Å². The van der Waals surface area contributed by atoms with Crippen LogP contribution in [0.25, 0.3) is 16.9 Å². The third-order valence-electron chi connectivity index (χ3n) is 8.35. The Kier molecular flexibility index (Phi) is 9.63. The molecular weight excluding hydrogens is 711 g/mol. The summed E-state index contributed by atoms with van der Waals surface area (Å²) in [6.45, 7) is 3.30. The monoisotopic (exact) mass is 741 g/mol. The van der Waals surface area contributed by atoms with Gasteiger partial charge < -0.3 is 14.8 Å². The Morgan fingerprint density at radius 2 is 1.60 bits per heavy atom. The van der Waals surface area contributed by atoms with Gasteiger partial charge in [-0.05, 0) is 56.3 Å². The zero-order valence-electron chi connectivity index (χ0n) is 27.5. The Hall–Kier alpha value is -5.98. The lowest BCUT2D eigenvalue weighted by Crippen LogP contribution is -2.43. The molecule has 0 bridgehead atoms. The SMILES string of the molecule is Cc1ccc(-c2cc(C(F)(F)F)nn2-c2ccc(S(=O)(=O)NC(=O)OC3CCN(/[N+]([O-])=N\OC(C)N4C(=O)c5ccccc5C4=O)CC3)cc2)cc1. The smallest absolute Gasteiger partial charge is 0.435 e. The molecule has 272 valence electrons. The summed E-state index contributed by atoms with van der Waals surface area (Å²) in [4.78, 5) is 43.5. The molecule has 0 saturated carbocycles. The number of piperidine rings is 1. The molecule has 0 radical (unpaired) electrons. The number of ether oxygens (including phenoxy) is 1. The van der Waals surface area contributed by atoms with Crippen molar-refractivity contribution in [1.82, 2.24) is 24.4 Å². The molecule has 6 rings (SSSR count). The number of imide groups is 1. The minimum Gasteiger partial charge on any atom is -0.569 e. The maximum absolute atomic E-state index is 13.6. The van der Waals surface area contributed by atoms with E-state index in [9.17, 15) is 41.2 Å². The molecule has 1 atom stereocenters. The highest BCUT2D eigenvalue weighted by molar-refractivity contribution is 7.90. The molecular formula is C33H30F3N7O8S. The summed E-state index contributed by atoms with van der Waals surface area (Å²) in [5, 5.41) is 20.9. The fraction of sp³-hybridized carbons (Fsp3) is 0.273. The maximum atomic E-state index is 13.6. The third kappa shape index (κ3) is 7.39. The van der Waals surface area contributed by atoms with Gasteiger partial charge in [-0.25, -0.2) is 27.5 Å². The van der Waals surface area contributed by atoms with Crippen molar-refractivity contribution in [2.75, 3.05) is 13.1 Å². The molecule has 3 aromatic carbocycles. The Labute approximate surface area is 294 Å². The molecule has 3 heterocycles. The van der Waals surface area contributed by atoms with Gasteiger partial charge in [-0.15, -0.1) is 5.01 Å². The van der Waals surface area contributed by atoms with Crippen LogP contribution in [-0.2, 0) is 25.8 Å². The van der Waals surface area contributed by atoms with Gasteiger partial charge in [-0.1, -0.05) is 42.0 Å². The molecule has 1 saturated heterocycles. The first-order valence-corrected chi connectivity index (χ1v) is 17.2. The summed E-state index contributed by atoms with van der Waals surface area (Å²) in [6, 6.07) is 18.6. The van der Waals surface area contributed by atoms with E-state index in [-0.39, 0.29) is 58.3 Å². The van der Waals surface area contributed by atoms with Crippen molar-refractivity contribution in [2.24, 2.45) is 5.28 Å². The van der Waals surface area contributed by atoms with Crippen LogP contribution in [0.2, 0.25) is 0 Å². The molecule has 19 heteroatoms. The number of amides is 3. The van der Waals surface area contributed by atoms with Crippen LogP contribution < -0.4 is 4.72 Å². The van der Waals surface area contributed by atoms with Crippen molar-refractivity contribution in [1.29, 1.82) is 0 Å². The largest absolute Gasteiger partial charge is 0.569 e. The topological polar surface area (TPSA) is 179 Å². The standard InChI is InChI=1S/C33H30F3N7O8S/c1-20-7-9-22(10-8-20)28-19-29(33(34,35)36)37-42(28)23-11-13-25(14-12-23)52(48,49)38-32(46)50-24-15-17-40(18-16-24)43(47)39-51-21(2)41-30(44)26-5-3-4-6-27(26)31(41)45/h3-14,19,21,24H,15-18H2,1-2H3,(H,38,46)/b43-39+. The zero-order chi connectivity index (χ0) is 37.4. The fourth-order valence-electron chi connectivity index (χ4n) is 5.63. The number of nitrogens with one attached hydrogen (secondary N) is 1. The molecule has 1 unspecified atom stereocenters. The number of hydrogen-bond acceptors (Lipinski definition) is 10. The number of aryl methyl sites for hydroxylation is 1. The molecule has 2 aliphatic heterocycles. The van der Waals surface area contributed by atoms with E-state index >= 15 is 0 Å². The van der Waals surface area contributed by atoms with Gasteiger partial charge in [0, 0.05) is 18.4 Å². The minimum absolute atomic E-state index is 0.0397. The highest BCUT2D eigenvalue weighted by atomic mass is 32.2. The molecule has 15 nitrogen and oxygen atoms in total. The van der Waals surface area contributed by atoms with E-state index in [0.717, 1.165) is 33.3 Å². The number of benzene rings is 3. The molecule has 0 aliphatic carbocycles. The number of nitrogens with zero attached hydrogens (tertiary/aromatic N) is 6. The number of halogens is 3. The van der Waals surface area contributed by atoms with Crippen molar-refractivity contribution < 1.29 is 50.5 Å². The van der Waals surface area contributed by atoms with Crippen LogP contribution in [0.1, 0.15) is 51.7 Å². The lowest BCUT2D eigenvalue weighted by atomic mass is 10.1. The number of hydrazine groups is 1. The van der Waals surface area contributed by atoms with Crippen LogP contribution in [0.15, 0.2) is 89.0 Å². The number of sulfonamides is 1. The Balaban J connectivity index is 1.03. The Morgan fingerprint density at radius 1 is 1.00 bits per heavy atom. The van der Waals surface area contributed by atoms with Crippen molar-refractivity contribution in [3.63, 3.8) is 0 Å². The van der Waals surface area contributed by atoms with Crippen LogP contribution in [0.5, 0.6) is 0 Å². The molecule has 4 aromatic rings. The van der Waals surface area contributed by atoms with E-state index in [1.54, 1.807) is 36.4 Å². The van der Waals surface area contributed by atoms with Crippen LogP contribution in [0, 0.1) is 12.1 Å². The number of rotatable bonds is 9. The Bertz CT molecular complexity index is 2110. The maximum Gasteiger partial charge on any atom is 0.435 e. The van der Waals surface area contributed by atoms with E-state index in [1.807, 2.05) is 11.6 Å². The molecule has 52 heavy (non-hydrogen) atoms. The van der Waals surface area contributed by atoms with E-state index in [0.29, 0.717) is 5.56 Å². The van der Waals surface area contributed by atoms with Gasteiger partial charge >= 0.3 is 12.3 Å². The predicted molar refractivity (Wildman–Crippen MR) is 174 cm³/mol. The number of carbonyl (C=O) groups excluding carboxylic acids is 3. The summed E-state index contributed by atoms with van der Waals surface area (Å²) in [7, 11) is -4.45. The van der Waals surface area contributed by atoms with E-state index in [2.05, 4.69) is 10.4 Å². The average molecular weight is 742 g/mol. The quantitative estimate of drug-likeness (QED) is 0.104. The first-order chi connectivity index (χ1) is 24.6. The molecule has 1 aromatic heterocycles. The first kappa shape index (κ1) is 35.8. The minimum atomic E-state index is -4.72. The second-order valence-electron chi connectivity index (χ2n) is 11.9. The molecule has 1 N–H and O–H groups in total. The average Bonchev–Trinajstić information content (AvgIpc) is 3.67. The summed E-state index contributed by atoms with van der Waals surface area (Å²) in [5.74, 6) is -1.17. The van der Waals surface area contributed by atoms with Crippen LogP contribution >= 0.6 is 0 Å². The van der Waals surface area contributed by atoms with Crippen LogP contribution in [0.4, 0.5) is 18.0 Å². The number of carbonyl (C=O) groups is 3. The normalized spacial score (nSPS) is 16.1. The second-order valence-corrected chi connectivity index (χ2v) is 13.6. The summed E-state index contributed by atoms with van der Waals surface area (Å²) in [5.41, 5.74) is 0.925. The van der Waals surface area contributed by atoms with Crippen molar-refractivity contribution in [2.45, 2.75) is 50.1 Å². The van der Waals surface area contributed by atoms with Gasteiger partial charge in [0.15, 0.2) is 5.69 Å². The third-order valence-corrected chi connectivity index (χ3v) is 9.68. The van der Waals surface area contributed by atoms with Gasteiger partial charge in [-0.2, -0.15) is 18.3 Å². The number of fused-ring (bicyclic) bond motifs is 1. The second kappa shape index (κ2) is 14.0. The van der Waals surface area contributed by atoms with Crippen LogP contribution in [0.3, 0.4) is 0 Å².